The van der Waals surface area contributed by atoms with Crippen LogP contribution in [0.2, 0.25) is 0 Å². The summed E-state index contributed by atoms with van der Waals surface area (Å²) in [5.41, 5.74) is 0. The lowest BCUT2D eigenvalue weighted by atomic mass is 9.93. The Balaban J connectivity index is 5.29. The summed E-state index contributed by atoms with van der Waals surface area (Å²) in [4.78, 5) is 12.3. The summed E-state index contributed by atoms with van der Waals surface area (Å²) in [7, 11) is -1.94. The molecule has 0 aromatic carbocycles. The zero-order valence-electron chi connectivity index (χ0n) is 16.6. The van der Waals surface area contributed by atoms with Crippen molar-refractivity contribution < 1.29 is 26.9 Å². The number of rotatable bonds is 12. The number of esters is 1. The van der Waals surface area contributed by atoms with Crippen LogP contribution in [-0.2, 0) is 20.5 Å². The van der Waals surface area contributed by atoms with Crippen LogP contribution in [0.1, 0.15) is 79.6 Å². The van der Waals surface area contributed by atoms with Gasteiger partial charge in [0.05, 0.1) is 28.3 Å². The molecule has 156 valence electrons. The number of carbonyl (C=O) groups is 1. The Morgan fingerprint density at radius 1 is 1.04 bits per heavy atom. The third-order valence-electron chi connectivity index (χ3n) is 3.92. The van der Waals surface area contributed by atoms with E-state index < -0.39 is 39.8 Å². The van der Waals surface area contributed by atoms with Crippen molar-refractivity contribution in [1.82, 2.24) is 4.72 Å². The first kappa shape index (κ1) is 25.4. The molecule has 0 bridgehead atoms. The number of alkyl halides is 3. The second-order valence-corrected chi connectivity index (χ2v) is 9.49. The summed E-state index contributed by atoms with van der Waals surface area (Å²) in [5.74, 6) is -2.27. The minimum Gasteiger partial charge on any atom is -0.465 e. The van der Waals surface area contributed by atoms with Gasteiger partial charge in [0.15, 0.2) is 0 Å². The van der Waals surface area contributed by atoms with E-state index in [9.17, 15) is 22.2 Å². The molecule has 0 radical (unpaired) electrons. The maximum absolute atomic E-state index is 13.6. The first-order chi connectivity index (χ1) is 11.9. The van der Waals surface area contributed by atoms with Crippen LogP contribution < -0.4 is 4.72 Å². The Bertz CT molecular complexity index is 436. The average molecular weight is 402 g/mol. The first-order valence-corrected chi connectivity index (χ1v) is 10.5. The largest absolute Gasteiger partial charge is 0.465 e. The number of halogens is 3. The van der Waals surface area contributed by atoms with Gasteiger partial charge in [-0.15, -0.1) is 0 Å². The maximum atomic E-state index is 13.6. The molecule has 0 saturated carbocycles. The van der Waals surface area contributed by atoms with Crippen molar-refractivity contribution in [3.05, 3.63) is 0 Å². The molecule has 0 amide bonds. The standard InChI is InChI=1S/C18H34F3NO3S/c1-6-8-9-10-11-12-14(16(23)25-13-7-2)15(18(19,20)21)22-26(24)17(3,4)5/h14-15,22H,6-13H2,1-5H3/t14-,15-,26-/m0/s1. The Morgan fingerprint density at radius 3 is 2.08 bits per heavy atom. The summed E-state index contributed by atoms with van der Waals surface area (Å²) in [6, 6.07) is -2.18. The molecule has 1 N–H and O–H groups in total. The second-order valence-electron chi connectivity index (χ2n) is 7.50. The van der Waals surface area contributed by atoms with E-state index >= 15 is 0 Å². The summed E-state index contributed by atoms with van der Waals surface area (Å²) in [6.07, 6.45) is 0.128. The molecule has 0 fully saturated rings. The fraction of sp³-hybridized carbons (Fsp3) is 0.944. The van der Waals surface area contributed by atoms with Gasteiger partial charge in [-0.1, -0.05) is 46.0 Å². The lowest BCUT2D eigenvalue weighted by Crippen LogP contribution is -2.53. The Morgan fingerprint density at radius 2 is 1.62 bits per heavy atom. The molecule has 0 spiro atoms. The third kappa shape index (κ3) is 9.90. The summed E-state index contributed by atoms with van der Waals surface area (Å²) < 4.78 is 59.4. The maximum Gasteiger partial charge on any atom is 0.405 e. The van der Waals surface area contributed by atoms with Crippen LogP contribution in [0.5, 0.6) is 0 Å². The lowest BCUT2D eigenvalue weighted by molar-refractivity contribution is -0.179. The van der Waals surface area contributed by atoms with E-state index in [1.54, 1.807) is 27.7 Å². The van der Waals surface area contributed by atoms with Gasteiger partial charge < -0.3 is 4.74 Å². The number of hydrogen-bond acceptors (Lipinski definition) is 3. The fourth-order valence-corrected chi connectivity index (χ4v) is 3.25. The zero-order chi connectivity index (χ0) is 20.4. The zero-order valence-corrected chi connectivity index (χ0v) is 17.4. The number of ether oxygens (including phenoxy) is 1. The Hall–Kier alpha value is -0.630. The summed E-state index contributed by atoms with van der Waals surface area (Å²) in [5, 5.41) is 0. The molecule has 0 aliphatic heterocycles. The predicted octanol–water partition coefficient (Wildman–Crippen LogP) is 4.90. The van der Waals surface area contributed by atoms with Crippen molar-refractivity contribution in [3.63, 3.8) is 0 Å². The van der Waals surface area contributed by atoms with Crippen LogP contribution in [0.25, 0.3) is 0 Å². The van der Waals surface area contributed by atoms with Crippen LogP contribution >= 0.6 is 0 Å². The summed E-state index contributed by atoms with van der Waals surface area (Å²) in [6.45, 7) is 8.66. The van der Waals surface area contributed by atoms with Gasteiger partial charge >= 0.3 is 12.1 Å². The first-order valence-electron chi connectivity index (χ1n) is 9.36. The third-order valence-corrected chi connectivity index (χ3v) is 5.50. The van der Waals surface area contributed by atoms with Crippen molar-refractivity contribution in [1.29, 1.82) is 0 Å². The number of carbonyl (C=O) groups excluding carboxylic acids is 1. The molecule has 0 saturated heterocycles. The number of unbranched alkanes of at least 4 members (excludes halogenated alkanes) is 4. The highest BCUT2D eigenvalue weighted by Gasteiger charge is 2.49. The molecule has 0 aromatic rings. The monoisotopic (exact) mass is 401 g/mol. The van der Waals surface area contributed by atoms with Gasteiger partial charge in [0, 0.05) is 0 Å². The molecule has 8 heteroatoms. The normalized spacial score (nSPS) is 16.2. The SMILES string of the molecule is CCCCCCC[C@H](C(=O)OCCC)[C@H](N[S@@](=O)C(C)(C)C)C(F)(F)F. The highest BCUT2D eigenvalue weighted by molar-refractivity contribution is 7.84. The second kappa shape index (κ2) is 12.0. The minimum atomic E-state index is -4.69. The molecule has 26 heavy (non-hydrogen) atoms. The van der Waals surface area contributed by atoms with Gasteiger partial charge in [-0.3, -0.25) is 4.79 Å². The molecule has 0 unspecified atom stereocenters. The molecule has 0 aliphatic rings. The van der Waals surface area contributed by atoms with E-state index in [-0.39, 0.29) is 13.0 Å². The highest BCUT2D eigenvalue weighted by Crippen LogP contribution is 2.31. The topological polar surface area (TPSA) is 55.4 Å². The number of nitrogens with one attached hydrogen (secondary N) is 1. The van der Waals surface area contributed by atoms with E-state index in [2.05, 4.69) is 11.6 Å². The summed E-state index contributed by atoms with van der Waals surface area (Å²) >= 11 is 0. The molecule has 3 atom stereocenters. The predicted molar refractivity (Wildman–Crippen MR) is 99.0 cm³/mol. The molecule has 0 aromatic heterocycles. The van der Waals surface area contributed by atoms with Crippen LogP contribution in [0.15, 0.2) is 0 Å². The molecule has 0 aliphatic carbocycles. The quantitative estimate of drug-likeness (QED) is 0.374. The van der Waals surface area contributed by atoms with E-state index in [1.165, 1.54) is 0 Å². The van der Waals surface area contributed by atoms with Crippen molar-refractivity contribution in [2.24, 2.45) is 5.92 Å². The lowest BCUT2D eigenvalue weighted by Gasteiger charge is -2.30. The van der Waals surface area contributed by atoms with Crippen LogP contribution in [-0.4, -0.2) is 33.8 Å². The van der Waals surface area contributed by atoms with Crippen molar-refractivity contribution in [2.45, 2.75) is 96.5 Å². The van der Waals surface area contributed by atoms with Crippen LogP contribution in [0.3, 0.4) is 0 Å². The van der Waals surface area contributed by atoms with Crippen molar-refractivity contribution in [3.8, 4) is 0 Å². The molecule has 0 rings (SSSR count). The van der Waals surface area contributed by atoms with Crippen LogP contribution in [0, 0.1) is 5.92 Å². The molecular formula is C18H34F3NO3S. The van der Waals surface area contributed by atoms with Gasteiger partial charge in [-0.2, -0.15) is 13.2 Å². The van der Waals surface area contributed by atoms with Crippen LogP contribution in [0.4, 0.5) is 13.2 Å². The van der Waals surface area contributed by atoms with Crippen molar-refractivity contribution in [2.75, 3.05) is 6.61 Å². The van der Waals surface area contributed by atoms with Gasteiger partial charge in [0.25, 0.3) is 0 Å². The molecular weight excluding hydrogens is 367 g/mol. The van der Waals surface area contributed by atoms with E-state index in [4.69, 9.17) is 4.74 Å². The van der Waals surface area contributed by atoms with Gasteiger partial charge in [0.1, 0.15) is 6.04 Å². The van der Waals surface area contributed by atoms with Gasteiger partial charge in [-0.05, 0) is 33.6 Å². The Kier molecular flexibility index (Phi) is 11.7. The van der Waals surface area contributed by atoms with E-state index in [0.717, 1.165) is 25.7 Å². The Labute approximate surface area is 158 Å². The fourth-order valence-electron chi connectivity index (χ4n) is 2.37. The number of hydrogen-bond donors (Lipinski definition) is 1. The minimum absolute atomic E-state index is 0.0603. The highest BCUT2D eigenvalue weighted by atomic mass is 32.2. The molecule has 4 nitrogen and oxygen atoms in total. The van der Waals surface area contributed by atoms with Gasteiger partial charge in [-0.25, -0.2) is 8.93 Å². The van der Waals surface area contributed by atoms with E-state index in [1.807, 2.05) is 0 Å². The van der Waals surface area contributed by atoms with Gasteiger partial charge in [0.2, 0.25) is 0 Å². The van der Waals surface area contributed by atoms with E-state index in [0.29, 0.717) is 12.8 Å². The molecule has 0 heterocycles. The smallest absolute Gasteiger partial charge is 0.405 e. The van der Waals surface area contributed by atoms with Crippen molar-refractivity contribution >= 4 is 17.0 Å². The average Bonchev–Trinajstić information content (AvgIpc) is 2.52.